The highest BCUT2D eigenvalue weighted by atomic mass is 32.1. The van der Waals surface area contributed by atoms with Gasteiger partial charge in [0.15, 0.2) is 11.4 Å². The first-order valence-corrected chi connectivity index (χ1v) is 9.39. The van der Waals surface area contributed by atoms with Crippen LogP contribution >= 0.6 is 11.3 Å². The Labute approximate surface area is 150 Å². The molecule has 124 valence electrons. The first-order chi connectivity index (χ1) is 12.1. The maximum absolute atomic E-state index is 6.48. The van der Waals surface area contributed by atoms with E-state index in [2.05, 4.69) is 67.7 Å². The van der Waals surface area contributed by atoms with Crippen LogP contribution in [0.5, 0.6) is 11.5 Å². The predicted molar refractivity (Wildman–Crippen MR) is 103 cm³/mol. The van der Waals surface area contributed by atoms with E-state index in [1.165, 1.54) is 32.5 Å². The monoisotopic (exact) mass is 347 g/mol. The fraction of sp³-hybridized carbons (Fsp3) is 0.238. The van der Waals surface area contributed by atoms with Crippen LogP contribution in [0.3, 0.4) is 0 Å². The molecular formula is C21H19N2OS+. The molecule has 1 aliphatic rings. The maximum Gasteiger partial charge on any atom is 0.288 e. The lowest BCUT2D eigenvalue weighted by atomic mass is 9.93. The molecule has 0 aliphatic carbocycles. The second kappa shape index (κ2) is 5.02. The lowest BCUT2D eigenvalue weighted by Gasteiger charge is -2.21. The smallest absolute Gasteiger partial charge is 0.288 e. The molecule has 0 bridgehead atoms. The molecule has 2 aromatic carbocycles. The van der Waals surface area contributed by atoms with Crippen LogP contribution < -0.4 is 9.30 Å². The van der Waals surface area contributed by atoms with Gasteiger partial charge in [-0.25, -0.2) is 4.57 Å². The van der Waals surface area contributed by atoms with E-state index in [1.54, 1.807) is 11.3 Å². The average molecular weight is 347 g/mol. The summed E-state index contributed by atoms with van der Waals surface area (Å²) in [7, 11) is 2.07. The standard InChI is InChI=1S/C21H19N2OS/c1-11(2)20-19-17-18(23(4)10-22-21(17)25-20)16-12(3)14-8-6-5-7-13(14)9-15(16)24-19/h5-11H,1-4H3/q+1. The number of thiophene rings is 1. The first-order valence-electron chi connectivity index (χ1n) is 8.58. The van der Waals surface area contributed by atoms with Gasteiger partial charge in [0.05, 0.1) is 17.5 Å². The minimum atomic E-state index is 0.412. The molecule has 3 nitrogen and oxygen atoms in total. The fourth-order valence-corrected chi connectivity index (χ4v) is 4.93. The molecule has 0 saturated carbocycles. The molecule has 0 saturated heterocycles. The van der Waals surface area contributed by atoms with Crippen molar-refractivity contribution in [3.63, 3.8) is 0 Å². The molecule has 3 heterocycles. The molecule has 1 aliphatic heterocycles. The number of nitrogens with zero attached hydrogens (tertiary/aromatic N) is 2. The van der Waals surface area contributed by atoms with Gasteiger partial charge in [-0.15, -0.1) is 0 Å². The summed E-state index contributed by atoms with van der Waals surface area (Å²) in [6, 6.07) is 10.7. The van der Waals surface area contributed by atoms with Crippen LogP contribution in [0.2, 0.25) is 0 Å². The Morgan fingerprint density at radius 1 is 1.20 bits per heavy atom. The van der Waals surface area contributed by atoms with E-state index in [0.29, 0.717) is 5.92 Å². The number of benzene rings is 2. The summed E-state index contributed by atoms with van der Waals surface area (Å²) < 4.78 is 8.61. The molecule has 0 N–H and O–H groups in total. The summed E-state index contributed by atoms with van der Waals surface area (Å²) >= 11 is 1.75. The van der Waals surface area contributed by atoms with Gasteiger partial charge in [0.25, 0.3) is 6.33 Å². The molecule has 0 unspecified atom stereocenters. The molecule has 0 spiro atoms. The third-order valence-electron chi connectivity index (χ3n) is 5.06. The Kier molecular flexibility index (Phi) is 2.98. The van der Waals surface area contributed by atoms with E-state index in [9.17, 15) is 0 Å². The molecule has 0 fully saturated rings. The Morgan fingerprint density at radius 2 is 2.00 bits per heavy atom. The molecule has 0 radical (unpaired) electrons. The third kappa shape index (κ3) is 1.91. The van der Waals surface area contributed by atoms with Crippen LogP contribution in [-0.4, -0.2) is 4.98 Å². The van der Waals surface area contributed by atoms with Crippen LogP contribution in [0.4, 0.5) is 0 Å². The fourth-order valence-electron chi connectivity index (χ4n) is 3.86. The van der Waals surface area contributed by atoms with Gasteiger partial charge >= 0.3 is 0 Å². The van der Waals surface area contributed by atoms with E-state index in [-0.39, 0.29) is 0 Å². The number of fused-ring (bicyclic) bond motifs is 3. The van der Waals surface area contributed by atoms with Crippen molar-refractivity contribution in [2.75, 3.05) is 0 Å². The lowest BCUT2D eigenvalue weighted by molar-refractivity contribution is -0.662. The van der Waals surface area contributed by atoms with Crippen molar-refractivity contribution in [1.82, 2.24) is 4.98 Å². The zero-order valence-corrected chi connectivity index (χ0v) is 15.6. The first kappa shape index (κ1) is 14.8. The molecule has 25 heavy (non-hydrogen) atoms. The van der Waals surface area contributed by atoms with Crippen LogP contribution in [0.25, 0.3) is 32.2 Å². The van der Waals surface area contributed by atoms with Crippen LogP contribution in [0, 0.1) is 6.92 Å². The minimum absolute atomic E-state index is 0.412. The summed E-state index contributed by atoms with van der Waals surface area (Å²) in [4.78, 5) is 6.98. The van der Waals surface area contributed by atoms with Crippen LogP contribution in [0.1, 0.15) is 30.2 Å². The SMILES string of the molecule is Cc1c2c(cc3ccccc13)Oc1c(C(C)C)sc3nc[n+](C)c-2c13. The topological polar surface area (TPSA) is 26.0 Å². The average Bonchev–Trinajstić information content (AvgIpc) is 2.97. The summed E-state index contributed by atoms with van der Waals surface area (Å²) in [5.41, 5.74) is 3.67. The highest BCUT2D eigenvalue weighted by molar-refractivity contribution is 7.19. The molecule has 4 heteroatoms. The number of hydrogen-bond donors (Lipinski definition) is 0. The zero-order chi connectivity index (χ0) is 17.3. The van der Waals surface area contributed by atoms with Gasteiger partial charge in [-0.2, -0.15) is 0 Å². The van der Waals surface area contributed by atoms with Gasteiger partial charge in [-0.1, -0.05) is 49.4 Å². The van der Waals surface area contributed by atoms with Crippen molar-refractivity contribution in [2.24, 2.45) is 7.05 Å². The highest BCUT2D eigenvalue weighted by Crippen LogP contribution is 2.53. The third-order valence-corrected chi connectivity index (χ3v) is 6.43. The number of aromatic nitrogens is 2. The van der Waals surface area contributed by atoms with Gasteiger partial charge in [0, 0.05) is 0 Å². The summed E-state index contributed by atoms with van der Waals surface area (Å²) in [5.74, 6) is 2.36. The molecule has 4 aromatic rings. The van der Waals surface area contributed by atoms with Crippen molar-refractivity contribution in [2.45, 2.75) is 26.7 Å². The number of aryl methyl sites for hydroxylation is 2. The van der Waals surface area contributed by atoms with Crippen molar-refractivity contribution < 1.29 is 9.30 Å². The van der Waals surface area contributed by atoms with Gasteiger partial charge in [0.2, 0.25) is 4.83 Å². The summed E-state index contributed by atoms with van der Waals surface area (Å²) in [6.45, 7) is 6.62. The van der Waals surface area contributed by atoms with E-state index in [4.69, 9.17) is 4.74 Å². The van der Waals surface area contributed by atoms with Crippen molar-refractivity contribution in [3.05, 3.63) is 47.1 Å². The summed E-state index contributed by atoms with van der Waals surface area (Å²) in [5, 5.41) is 3.65. The predicted octanol–water partition coefficient (Wildman–Crippen LogP) is 5.48. The van der Waals surface area contributed by atoms with Gasteiger partial charge in [-0.3, -0.25) is 0 Å². The number of rotatable bonds is 1. The van der Waals surface area contributed by atoms with Crippen molar-refractivity contribution in [3.8, 4) is 22.8 Å². The molecule has 5 rings (SSSR count). The van der Waals surface area contributed by atoms with E-state index < -0.39 is 0 Å². The normalized spacial score (nSPS) is 12.7. The Bertz CT molecular complexity index is 1170. The van der Waals surface area contributed by atoms with Gasteiger partial charge in [0.1, 0.15) is 11.1 Å². The van der Waals surface area contributed by atoms with Crippen LogP contribution in [0.15, 0.2) is 36.7 Å². The minimum Gasteiger partial charge on any atom is -0.454 e. The van der Waals surface area contributed by atoms with Gasteiger partial charge < -0.3 is 4.74 Å². The van der Waals surface area contributed by atoms with Crippen molar-refractivity contribution >= 4 is 32.3 Å². The largest absolute Gasteiger partial charge is 0.454 e. The van der Waals surface area contributed by atoms with Crippen molar-refractivity contribution in [1.29, 1.82) is 0 Å². The van der Waals surface area contributed by atoms with E-state index in [1.807, 2.05) is 6.33 Å². The lowest BCUT2D eigenvalue weighted by Crippen LogP contribution is -2.32. The molecule has 0 atom stereocenters. The summed E-state index contributed by atoms with van der Waals surface area (Å²) in [6.07, 6.45) is 1.92. The Hall–Kier alpha value is -2.46. The van der Waals surface area contributed by atoms with Gasteiger partial charge in [-0.05, 0) is 40.2 Å². The van der Waals surface area contributed by atoms with E-state index in [0.717, 1.165) is 21.7 Å². The second-order valence-electron chi connectivity index (χ2n) is 7.03. The molecule has 0 amide bonds. The molecule has 2 aromatic heterocycles. The maximum atomic E-state index is 6.48. The number of hydrogen-bond acceptors (Lipinski definition) is 3. The van der Waals surface area contributed by atoms with Crippen LogP contribution in [-0.2, 0) is 7.05 Å². The van der Waals surface area contributed by atoms with E-state index >= 15 is 0 Å². The Morgan fingerprint density at radius 3 is 2.80 bits per heavy atom. The second-order valence-corrected chi connectivity index (χ2v) is 8.06. The zero-order valence-electron chi connectivity index (χ0n) is 14.8. The highest BCUT2D eigenvalue weighted by Gasteiger charge is 2.33. The number of ether oxygens (including phenoxy) is 1. The molecular weight excluding hydrogens is 328 g/mol. The quantitative estimate of drug-likeness (QED) is 0.375. The Balaban J connectivity index is 1.98.